The molecule has 2 rings (SSSR count). The van der Waals surface area contributed by atoms with Crippen molar-refractivity contribution in [1.82, 2.24) is 10.6 Å². The third-order valence-corrected chi connectivity index (χ3v) is 6.26. The number of hydrogen-bond donors (Lipinski definition) is 2. The molecule has 1 aliphatic carbocycles. The van der Waals surface area contributed by atoms with Crippen LogP contribution in [0.25, 0.3) is 0 Å². The SMILES string of the molecule is CCC1CCC(NC(=O)CC2CS(=O)(=O)CCN2)CC1. The smallest absolute Gasteiger partial charge is 0.221 e. The van der Waals surface area contributed by atoms with Gasteiger partial charge in [0.2, 0.25) is 5.91 Å². The molecule has 1 saturated heterocycles. The van der Waals surface area contributed by atoms with Crippen LogP contribution in [0.2, 0.25) is 0 Å². The van der Waals surface area contributed by atoms with Crippen molar-refractivity contribution in [2.75, 3.05) is 18.1 Å². The normalized spacial score (nSPS) is 33.5. The van der Waals surface area contributed by atoms with Gasteiger partial charge in [-0.3, -0.25) is 4.79 Å². The lowest BCUT2D eigenvalue weighted by molar-refractivity contribution is -0.122. The molecule has 0 aromatic carbocycles. The molecule has 2 N–H and O–H groups in total. The number of rotatable bonds is 4. The van der Waals surface area contributed by atoms with Gasteiger partial charge in [-0.05, 0) is 31.6 Å². The van der Waals surface area contributed by atoms with Gasteiger partial charge in [-0.15, -0.1) is 0 Å². The Kier molecular flexibility index (Phi) is 5.43. The molecule has 6 heteroatoms. The lowest BCUT2D eigenvalue weighted by Crippen LogP contribution is -2.48. The van der Waals surface area contributed by atoms with E-state index in [2.05, 4.69) is 17.6 Å². The second-order valence-electron chi connectivity index (χ2n) is 6.16. The lowest BCUT2D eigenvalue weighted by atomic mass is 9.84. The van der Waals surface area contributed by atoms with Gasteiger partial charge in [-0.2, -0.15) is 0 Å². The number of amides is 1. The molecule has 1 aliphatic heterocycles. The summed E-state index contributed by atoms with van der Waals surface area (Å²) in [6.07, 6.45) is 5.99. The monoisotopic (exact) mass is 302 g/mol. The maximum absolute atomic E-state index is 12.0. The van der Waals surface area contributed by atoms with Crippen molar-refractivity contribution in [3.05, 3.63) is 0 Å². The van der Waals surface area contributed by atoms with Gasteiger partial charge in [0.15, 0.2) is 9.84 Å². The quantitative estimate of drug-likeness (QED) is 0.807. The molecule has 0 radical (unpaired) electrons. The molecule has 0 aromatic heterocycles. The number of carbonyl (C=O) groups excluding carboxylic acids is 1. The van der Waals surface area contributed by atoms with E-state index in [0.29, 0.717) is 6.54 Å². The van der Waals surface area contributed by atoms with Gasteiger partial charge in [0.1, 0.15) is 0 Å². The molecule has 1 amide bonds. The Morgan fingerprint density at radius 3 is 2.55 bits per heavy atom. The summed E-state index contributed by atoms with van der Waals surface area (Å²) in [4.78, 5) is 12.0. The number of carbonyl (C=O) groups is 1. The third kappa shape index (κ3) is 4.74. The second kappa shape index (κ2) is 6.89. The molecule has 0 spiro atoms. The molecular weight excluding hydrogens is 276 g/mol. The van der Waals surface area contributed by atoms with Crippen LogP contribution in [0.4, 0.5) is 0 Å². The Hall–Kier alpha value is -0.620. The molecular formula is C14H26N2O3S. The predicted octanol–water partition coefficient (Wildman–Crippen LogP) is 0.848. The Morgan fingerprint density at radius 1 is 1.25 bits per heavy atom. The minimum atomic E-state index is -2.96. The largest absolute Gasteiger partial charge is 0.353 e. The highest BCUT2D eigenvalue weighted by Gasteiger charge is 2.27. The van der Waals surface area contributed by atoms with Crippen molar-refractivity contribution in [1.29, 1.82) is 0 Å². The summed E-state index contributed by atoms with van der Waals surface area (Å²) in [6, 6.07) is 0.0613. The zero-order valence-corrected chi connectivity index (χ0v) is 13.0. The summed E-state index contributed by atoms with van der Waals surface area (Å²) in [5, 5.41) is 6.18. The van der Waals surface area contributed by atoms with Crippen LogP contribution in [-0.4, -0.2) is 44.5 Å². The minimum Gasteiger partial charge on any atom is -0.353 e. The fourth-order valence-electron chi connectivity index (χ4n) is 3.22. The average Bonchev–Trinajstić information content (AvgIpc) is 2.38. The van der Waals surface area contributed by atoms with Gasteiger partial charge in [0.25, 0.3) is 0 Å². The van der Waals surface area contributed by atoms with Crippen LogP contribution in [-0.2, 0) is 14.6 Å². The Morgan fingerprint density at radius 2 is 1.95 bits per heavy atom. The standard InChI is InChI=1S/C14H26N2O3S/c1-2-11-3-5-12(6-4-11)16-14(17)9-13-10-20(18,19)8-7-15-13/h11-13,15H,2-10H2,1H3,(H,16,17). The van der Waals surface area contributed by atoms with E-state index in [1.165, 1.54) is 19.3 Å². The van der Waals surface area contributed by atoms with Crippen LogP contribution in [0, 0.1) is 5.92 Å². The fraction of sp³-hybridized carbons (Fsp3) is 0.929. The summed E-state index contributed by atoms with van der Waals surface area (Å²) in [6.45, 7) is 2.68. The van der Waals surface area contributed by atoms with Crippen molar-refractivity contribution >= 4 is 15.7 Å². The first-order chi connectivity index (χ1) is 9.48. The maximum atomic E-state index is 12.0. The first kappa shape index (κ1) is 15.8. The van der Waals surface area contributed by atoms with E-state index < -0.39 is 9.84 Å². The van der Waals surface area contributed by atoms with Crippen molar-refractivity contribution in [2.45, 2.75) is 57.5 Å². The maximum Gasteiger partial charge on any atom is 0.221 e. The molecule has 1 saturated carbocycles. The number of sulfone groups is 1. The molecule has 2 aliphatic rings. The highest BCUT2D eigenvalue weighted by atomic mass is 32.2. The molecule has 1 heterocycles. The van der Waals surface area contributed by atoms with E-state index in [0.717, 1.165) is 18.8 Å². The highest BCUT2D eigenvalue weighted by Crippen LogP contribution is 2.26. The van der Waals surface area contributed by atoms with Gasteiger partial charge in [0, 0.05) is 25.0 Å². The fourth-order valence-corrected chi connectivity index (χ4v) is 4.67. The van der Waals surface area contributed by atoms with Crippen molar-refractivity contribution in [3.63, 3.8) is 0 Å². The Labute approximate surface area is 121 Å². The second-order valence-corrected chi connectivity index (χ2v) is 8.39. The van der Waals surface area contributed by atoms with E-state index in [4.69, 9.17) is 0 Å². The Balaban J connectivity index is 1.73. The van der Waals surface area contributed by atoms with E-state index >= 15 is 0 Å². The number of nitrogens with one attached hydrogen (secondary N) is 2. The van der Waals surface area contributed by atoms with Crippen molar-refractivity contribution in [3.8, 4) is 0 Å². The van der Waals surface area contributed by atoms with Gasteiger partial charge in [0.05, 0.1) is 11.5 Å². The van der Waals surface area contributed by atoms with Crippen LogP contribution in [0.3, 0.4) is 0 Å². The lowest BCUT2D eigenvalue weighted by Gasteiger charge is -2.29. The molecule has 20 heavy (non-hydrogen) atoms. The molecule has 2 fully saturated rings. The number of hydrogen-bond acceptors (Lipinski definition) is 4. The van der Waals surface area contributed by atoms with E-state index in [1.807, 2.05) is 0 Å². The van der Waals surface area contributed by atoms with Crippen LogP contribution < -0.4 is 10.6 Å². The average molecular weight is 302 g/mol. The van der Waals surface area contributed by atoms with Gasteiger partial charge in [-0.1, -0.05) is 13.3 Å². The summed E-state index contributed by atoms with van der Waals surface area (Å²) < 4.78 is 23.1. The first-order valence-electron chi connectivity index (χ1n) is 7.71. The molecule has 0 aromatic rings. The highest BCUT2D eigenvalue weighted by molar-refractivity contribution is 7.91. The van der Waals surface area contributed by atoms with Gasteiger partial charge < -0.3 is 10.6 Å². The summed E-state index contributed by atoms with van der Waals surface area (Å²) in [5.41, 5.74) is 0. The topological polar surface area (TPSA) is 75.3 Å². The minimum absolute atomic E-state index is 0.0143. The summed E-state index contributed by atoms with van der Waals surface area (Å²) in [5.74, 6) is 1.07. The zero-order chi connectivity index (χ0) is 14.6. The van der Waals surface area contributed by atoms with Gasteiger partial charge >= 0.3 is 0 Å². The molecule has 1 unspecified atom stereocenters. The zero-order valence-electron chi connectivity index (χ0n) is 12.2. The summed E-state index contributed by atoms with van der Waals surface area (Å²) in [7, 11) is -2.96. The van der Waals surface area contributed by atoms with Crippen LogP contribution >= 0.6 is 0 Å². The third-order valence-electron chi connectivity index (χ3n) is 4.52. The molecule has 1 atom stereocenters. The van der Waals surface area contributed by atoms with Gasteiger partial charge in [-0.25, -0.2) is 8.42 Å². The Bertz CT molecular complexity index is 428. The van der Waals surface area contributed by atoms with E-state index in [-0.39, 0.29) is 35.9 Å². The summed E-state index contributed by atoms with van der Waals surface area (Å²) >= 11 is 0. The van der Waals surface area contributed by atoms with E-state index in [1.54, 1.807) is 0 Å². The van der Waals surface area contributed by atoms with Crippen molar-refractivity contribution in [2.24, 2.45) is 5.92 Å². The van der Waals surface area contributed by atoms with E-state index in [9.17, 15) is 13.2 Å². The van der Waals surface area contributed by atoms with Crippen LogP contribution in [0.15, 0.2) is 0 Å². The van der Waals surface area contributed by atoms with Crippen LogP contribution in [0.5, 0.6) is 0 Å². The first-order valence-corrected chi connectivity index (χ1v) is 9.54. The molecule has 5 nitrogen and oxygen atoms in total. The van der Waals surface area contributed by atoms with Crippen molar-refractivity contribution < 1.29 is 13.2 Å². The predicted molar refractivity (Wildman–Crippen MR) is 79.2 cm³/mol. The molecule has 0 bridgehead atoms. The van der Waals surface area contributed by atoms with Crippen LogP contribution in [0.1, 0.15) is 45.4 Å². The molecule has 116 valence electrons.